The fourth-order valence-electron chi connectivity index (χ4n) is 2.25. The van der Waals surface area contributed by atoms with Crippen molar-refractivity contribution in [1.82, 2.24) is 10.6 Å². The predicted octanol–water partition coefficient (Wildman–Crippen LogP) is 4.62. The Balaban J connectivity index is 2.19. The second-order valence-corrected chi connectivity index (χ2v) is 9.61. The molecule has 0 aliphatic carbocycles. The van der Waals surface area contributed by atoms with Crippen molar-refractivity contribution in [2.45, 2.75) is 9.96 Å². The van der Waals surface area contributed by atoms with E-state index < -0.39 is 20.8 Å². The Morgan fingerprint density at radius 3 is 2.47 bits per heavy atom. The molecule has 2 aromatic carbocycles. The van der Waals surface area contributed by atoms with Crippen molar-refractivity contribution >= 4 is 92.0 Å². The number of methoxy groups -OCH3 is 1. The standard InChI is InChI=1S/C17H14Cl3IN4O4S/c1-29-13-7-6-9(25(27)28)8-12(13)22-16(30)24-15(17(18,19)20)23-14(26)10-4-2-3-5-11(10)21/h2-8,15H,1H3,(H,23,26)(H2,22,24,30). The summed E-state index contributed by atoms with van der Waals surface area (Å²) in [5.41, 5.74) is 0.431. The number of alkyl halides is 3. The molecule has 0 saturated carbocycles. The molecule has 0 bridgehead atoms. The molecule has 0 saturated heterocycles. The third-order valence-electron chi connectivity index (χ3n) is 3.64. The molecule has 30 heavy (non-hydrogen) atoms. The normalized spacial score (nSPS) is 11.9. The molecule has 3 N–H and O–H groups in total. The van der Waals surface area contributed by atoms with E-state index >= 15 is 0 Å². The molecule has 1 amide bonds. The molecule has 2 rings (SSSR count). The zero-order valence-electron chi connectivity index (χ0n) is 15.1. The van der Waals surface area contributed by atoms with E-state index in [1.807, 2.05) is 22.6 Å². The van der Waals surface area contributed by atoms with Gasteiger partial charge < -0.3 is 20.7 Å². The first kappa shape index (κ1) is 24.7. The van der Waals surface area contributed by atoms with Gasteiger partial charge in [-0.2, -0.15) is 0 Å². The van der Waals surface area contributed by atoms with Crippen molar-refractivity contribution in [3.8, 4) is 5.75 Å². The van der Waals surface area contributed by atoms with Gasteiger partial charge in [-0.1, -0.05) is 46.9 Å². The highest BCUT2D eigenvalue weighted by Gasteiger charge is 2.35. The molecule has 2 aromatic rings. The zero-order valence-corrected chi connectivity index (χ0v) is 20.4. The number of halogens is 4. The molecule has 1 atom stereocenters. The maximum atomic E-state index is 12.6. The first-order valence-corrected chi connectivity index (χ1v) is 10.7. The molecule has 13 heteroatoms. The number of carbonyl (C=O) groups excluding carboxylic acids is 1. The SMILES string of the molecule is COc1ccc([N+](=O)[O-])cc1NC(=S)NC(NC(=O)c1ccccc1I)C(Cl)(Cl)Cl. The van der Waals surface area contributed by atoms with E-state index in [2.05, 4.69) is 16.0 Å². The Morgan fingerprint density at radius 1 is 1.23 bits per heavy atom. The van der Waals surface area contributed by atoms with Gasteiger partial charge in [0.1, 0.15) is 11.9 Å². The molecule has 8 nitrogen and oxygen atoms in total. The Labute approximate surface area is 205 Å². The van der Waals surface area contributed by atoms with E-state index in [1.165, 1.54) is 25.3 Å². The summed E-state index contributed by atoms with van der Waals surface area (Å²) in [7, 11) is 1.40. The highest BCUT2D eigenvalue weighted by atomic mass is 127. The molecular formula is C17H14Cl3IN4O4S. The first-order valence-electron chi connectivity index (χ1n) is 8.05. The maximum absolute atomic E-state index is 12.6. The highest BCUT2D eigenvalue weighted by molar-refractivity contribution is 14.1. The van der Waals surface area contributed by atoms with E-state index in [4.69, 9.17) is 51.8 Å². The number of rotatable bonds is 6. The summed E-state index contributed by atoms with van der Waals surface area (Å²) in [5.74, 6) is -0.183. The van der Waals surface area contributed by atoms with Gasteiger partial charge in [0.05, 0.1) is 23.3 Å². The number of nitro benzene ring substituents is 1. The third kappa shape index (κ3) is 6.71. The molecule has 0 aliphatic rings. The molecule has 0 radical (unpaired) electrons. The lowest BCUT2D eigenvalue weighted by Crippen LogP contribution is -2.56. The molecule has 0 aromatic heterocycles. The number of carbonyl (C=O) groups is 1. The van der Waals surface area contributed by atoms with Gasteiger partial charge in [0.25, 0.3) is 11.6 Å². The summed E-state index contributed by atoms with van der Waals surface area (Å²) >= 11 is 25.2. The Bertz CT molecular complexity index is 974. The molecule has 0 heterocycles. The molecule has 0 fully saturated rings. The number of nitrogens with one attached hydrogen (secondary N) is 3. The van der Waals surface area contributed by atoms with Crippen molar-refractivity contribution in [1.29, 1.82) is 0 Å². The lowest BCUT2D eigenvalue weighted by Gasteiger charge is -2.28. The second kappa shape index (κ2) is 10.6. The predicted molar refractivity (Wildman–Crippen MR) is 130 cm³/mol. The van der Waals surface area contributed by atoms with Gasteiger partial charge in [-0.05, 0) is 53.0 Å². The van der Waals surface area contributed by atoms with Crippen LogP contribution in [-0.4, -0.2) is 33.0 Å². The summed E-state index contributed by atoms with van der Waals surface area (Å²) in [6, 6.07) is 10.8. The molecule has 1 unspecified atom stereocenters. The van der Waals surface area contributed by atoms with E-state index in [0.717, 1.165) is 0 Å². The van der Waals surface area contributed by atoms with Crippen molar-refractivity contribution in [3.05, 3.63) is 61.7 Å². The van der Waals surface area contributed by atoms with Crippen molar-refractivity contribution < 1.29 is 14.5 Å². The summed E-state index contributed by atoms with van der Waals surface area (Å²) < 4.78 is 3.91. The summed E-state index contributed by atoms with van der Waals surface area (Å²) in [6.07, 6.45) is -1.21. The van der Waals surface area contributed by atoms with E-state index in [-0.39, 0.29) is 16.5 Å². The van der Waals surface area contributed by atoms with Crippen LogP contribution in [0.4, 0.5) is 11.4 Å². The minimum atomic E-state index is -1.96. The number of hydrogen-bond donors (Lipinski definition) is 3. The van der Waals surface area contributed by atoms with Gasteiger partial charge in [0, 0.05) is 15.7 Å². The van der Waals surface area contributed by atoms with E-state index in [9.17, 15) is 14.9 Å². The van der Waals surface area contributed by atoms with Crippen LogP contribution in [0, 0.1) is 13.7 Å². The Hall–Kier alpha value is -1.60. The Kier molecular flexibility index (Phi) is 8.73. The zero-order chi connectivity index (χ0) is 22.5. The average molecular weight is 604 g/mol. The topological polar surface area (TPSA) is 106 Å². The Morgan fingerprint density at radius 2 is 1.90 bits per heavy atom. The molecular weight excluding hydrogens is 590 g/mol. The van der Waals surface area contributed by atoms with Crippen LogP contribution in [0.2, 0.25) is 0 Å². The van der Waals surface area contributed by atoms with Gasteiger partial charge in [-0.3, -0.25) is 14.9 Å². The van der Waals surface area contributed by atoms with Crippen LogP contribution >= 0.6 is 69.6 Å². The number of ether oxygens (including phenoxy) is 1. The molecule has 0 aliphatic heterocycles. The summed E-state index contributed by atoms with van der Waals surface area (Å²) in [5, 5.41) is 19.0. The minimum absolute atomic E-state index is 0.0619. The fraction of sp³-hybridized carbons (Fsp3) is 0.176. The molecule has 0 spiro atoms. The van der Waals surface area contributed by atoms with E-state index in [1.54, 1.807) is 24.3 Å². The van der Waals surface area contributed by atoms with Crippen LogP contribution in [0.3, 0.4) is 0 Å². The van der Waals surface area contributed by atoms with Crippen molar-refractivity contribution in [3.63, 3.8) is 0 Å². The first-order chi connectivity index (χ1) is 14.0. The van der Waals surface area contributed by atoms with Gasteiger partial charge in [-0.25, -0.2) is 0 Å². The number of non-ortho nitro benzene ring substituents is 1. The van der Waals surface area contributed by atoms with Crippen LogP contribution < -0.4 is 20.7 Å². The van der Waals surface area contributed by atoms with E-state index in [0.29, 0.717) is 14.9 Å². The van der Waals surface area contributed by atoms with Gasteiger partial charge >= 0.3 is 0 Å². The molecule has 160 valence electrons. The highest BCUT2D eigenvalue weighted by Crippen LogP contribution is 2.31. The largest absolute Gasteiger partial charge is 0.495 e. The summed E-state index contributed by atoms with van der Waals surface area (Å²) in [6.45, 7) is 0. The second-order valence-electron chi connectivity index (χ2n) is 5.67. The number of thiocarbonyl (C=S) groups is 1. The van der Waals surface area contributed by atoms with Crippen LogP contribution in [-0.2, 0) is 0 Å². The maximum Gasteiger partial charge on any atom is 0.271 e. The monoisotopic (exact) mass is 602 g/mol. The average Bonchev–Trinajstić information content (AvgIpc) is 2.66. The van der Waals surface area contributed by atoms with Crippen LogP contribution in [0.25, 0.3) is 0 Å². The van der Waals surface area contributed by atoms with Gasteiger partial charge in [-0.15, -0.1) is 0 Å². The summed E-state index contributed by atoms with van der Waals surface area (Å²) in [4.78, 5) is 23.0. The lowest BCUT2D eigenvalue weighted by molar-refractivity contribution is -0.384. The van der Waals surface area contributed by atoms with Gasteiger partial charge in [0.2, 0.25) is 3.79 Å². The number of hydrogen-bond acceptors (Lipinski definition) is 5. The quantitative estimate of drug-likeness (QED) is 0.111. The number of amides is 1. The number of nitrogens with zero attached hydrogens (tertiary/aromatic N) is 1. The number of benzene rings is 2. The van der Waals surface area contributed by atoms with Crippen LogP contribution in [0.15, 0.2) is 42.5 Å². The van der Waals surface area contributed by atoms with Crippen LogP contribution in [0.1, 0.15) is 10.4 Å². The number of anilines is 1. The minimum Gasteiger partial charge on any atom is -0.495 e. The van der Waals surface area contributed by atoms with Crippen LogP contribution in [0.5, 0.6) is 5.75 Å². The third-order valence-corrected chi connectivity index (χ3v) is 5.45. The van der Waals surface area contributed by atoms with Crippen molar-refractivity contribution in [2.75, 3.05) is 12.4 Å². The van der Waals surface area contributed by atoms with Crippen molar-refractivity contribution in [2.24, 2.45) is 0 Å². The van der Waals surface area contributed by atoms with Gasteiger partial charge in [0.15, 0.2) is 5.11 Å². The lowest BCUT2D eigenvalue weighted by atomic mass is 10.2. The smallest absolute Gasteiger partial charge is 0.271 e. The fourth-order valence-corrected chi connectivity index (χ4v) is 3.44. The number of nitro groups is 1.